The number of fused-ring (bicyclic) bond motifs is 1. The Kier molecular flexibility index (Phi) is 4.88. The summed E-state index contributed by atoms with van der Waals surface area (Å²) in [6.07, 6.45) is 3.40. The minimum atomic E-state index is -0.368. The Bertz CT molecular complexity index is 713. The summed E-state index contributed by atoms with van der Waals surface area (Å²) in [6, 6.07) is 5.44. The van der Waals surface area contributed by atoms with E-state index in [2.05, 4.69) is 10.9 Å². The first-order valence-corrected chi connectivity index (χ1v) is 9.10. The molecule has 2 aromatic rings. The molecule has 0 saturated heterocycles. The van der Waals surface area contributed by atoms with Crippen LogP contribution < -0.4 is 10.9 Å². The number of Topliss-reactive ketones (excluding diaryl/α,β-unsaturated/α-hetero) is 1. The van der Waals surface area contributed by atoms with Crippen LogP contribution in [-0.2, 0) is 17.6 Å². The van der Waals surface area contributed by atoms with Crippen molar-refractivity contribution in [2.45, 2.75) is 32.1 Å². The number of nitrogens with one attached hydrogen (secondary N) is 2. The van der Waals surface area contributed by atoms with Gasteiger partial charge in [-0.15, -0.1) is 22.7 Å². The fourth-order valence-corrected chi connectivity index (χ4v) is 4.32. The van der Waals surface area contributed by atoms with Crippen molar-refractivity contribution >= 4 is 40.3 Å². The van der Waals surface area contributed by atoms with Gasteiger partial charge < -0.3 is 0 Å². The fraction of sp³-hybridized carbons (Fsp3) is 0.312. The zero-order valence-corrected chi connectivity index (χ0v) is 14.0. The molecule has 120 valence electrons. The van der Waals surface area contributed by atoms with Gasteiger partial charge in [-0.3, -0.25) is 25.2 Å². The molecule has 0 aliphatic heterocycles. The summed E-state index contributed by atoms with van der Waals surface area (Å²) in [6.45, 7) is 0. The van der Waals surface area contributed by atoms with Crippen molar-refractivity contribution in [3.8, 4) is 0 Å². The first kappa shape index (κ1) is 15.9. The van der Waals surface area contributed by atoms with Gasteiger partial charge in [0.15, 0.2) is 5.78 Å². The van der Waals surface area contributed by atoms with Crippen molar-refractivity contribution in [3.63, 3.8) is 0 Å². The minimum absolute atomic E-state index is 0.0535. The molecule has 0 fully saturated rings. The van der Waals surface area contributed by atoms with Crippen molar-refractivity contribution in [2.24, 2.45) is 0 Å². The molecule has 3 rings (SSSR count). The number of aryl methyl sites for hydroxylation is 2. The standard InChI is InChI=1S/C16H16N2O3S2/c19-11(13-5-2-8-22-13)6-7-15(20)17-18-16(21)14-9-10-3-1-4-12(10)23-14/h2,5,8-9H,1,3-4,6-7H2,(H,17,20)(H,18,21). The number of rotatable bonds is 5. The summed E-state index contributed by atoms with van der Waals surface area (Å²) >= 11 is 2.84. The van der Waals surface area contributed by atoms with Gasteiger partial charge in [-0.05, 0) is 42.3 Å². The molecule has 1 aliphatic carbocycles. The van der Waals surface area contributed by atoms with Gasteiger partial charge in [-0.25, -0.2) is 0 Å². The molecule has 0 spiro atoms. The molecular formula is C16H16N2O3S2. The molecule has 23 heavy (non-hydrogen) atoms. The highest BCUT2D eigenvalue weighted by Gasteiger charge is 2.18. The lowest BCUT2D eigenvalue weighted by atomic mass is 10.2. The van der Waals surface area contributed by atoms with Crippen LogP contribution in [0.25, 0.3) is 0 Å². The molecular weight excluding hydrogens is 332 g/mol. The molecule has 0 atom stereocenters. The average molecular weight is 348 g/mol. The Hall–Kier alpha value is -1.99. The van der Waals surface area contributed by atoms with Crippen molar-refractivity contribution in [1.82, 2.24) is 10.9 Å². The molecule has 0 unspecified atom stereocenters. The molecule has 2 amide bonds. The van der Waals surface area contributed by atoms with Gasteiger partial charge in [0.2, 0.25) is 5.91 Å². The summed E-state index contributed by atoms with van der Waals surface area (Å²) in [5, 5.41) is 1.83. The highest BCUT2D eigenvalue weighted by Crippen LogP contribution is 2.30. The minimum Gasteiger partial charge on any atom is -0.293 e. The summed E-state index contributed by atoms with van der Waals surface area (Å²) in [5.41, 5.74) is 6.02. The molecule has 5 nitrogen and oxygen atoms in total. The van der Waals surface area contributed by atoms with Crippen LogP contribution in [0, 0.1) is 0 Å². The molecule has 2 N–H and O–H groups in total. The largest absolute Gasteiger partial charge is 0.293 e. The van der Waals surface area contributed by atoms with Gasteiger partial charge in [0, 0.05) is 17.7 Å². The Morgan fingerprint density at radius 1 is 1.09 bits per heavy atom. The van der Waals surface area contributed by atoms with E-state index in [-0.39, 0.29) is 30.4 Å². The number of carbonyl (C=O) groups excluding carboxylic acids is 3. The predicted molar refractivity (Wildman–Crippen MR) is 89.8 cm³/mol. The van der Waals surface area contributed by atoms with E-state index in [9.17, 15) is 14.4 Å². The van der Waals surface area contributed by atoms with Crippen LogP contribution in [0.2, 0.25) is 0 Å². The molecule has 2 heterocycles. The van der Waals surface area contributed by atoms with Crippen LogP contribution in [0.5, 0.6) is 0 Å². The zero-order chi connectivity index (χ0) is 16.2. The number of hydrogen-bond donors (Lipinski definition) is 2. The zero-order valence-electron chi connectivity index (χ0n) is 12.4. The highest BCUT2D eigenvalue weighted by atomic mass is 32.1. The molecule has 0 aromatic carbocycles. The second-order valence-electron chi connectivity index (χ2n) is 5.32. The molecule has 0 radical (unpaired) electrons. The SMILES string of the molecule is O=C(CCC(=O)c1cccs1)NNC(=O)c1cc2c(s1)CCC2. The number of carbonyl (C=O) groups is 3. The smallest absolute Gasteiger partial charge is 0.279 e. The predicted octanol–water partition coefficient (Wildman–Crippen LogP) is 2.72. The van der Waals surface area contributed by atoms with Crippen LogP contribution in [0.15, 0.2) is 23.6 Å². The lowest BCUT2D eigenvalue weighted by Crippen LogP contribution is -2.41. The summed E-state index contributed by atoms with van der Waals surface area (Å²) in [4.78, 5) is 38.0. The van der Waals surface area contributed by atoms with Gasteiger partial charge in [0.05, 0.1) is 9.75 Å². The summed E-state index contributed by atoms with van der Waals surface area (Å²) in [7, 11) is 0. The second kappa shape index (κ2) is 7.06. The molecule has 2 aromatic heterocycles. The summed E-state index contributed by atoms with van der Waals surface area (Å²) < 4.78 is 0. The van der Waals surface area contributed by atoms with Crippen LogP contribution in [0.3, 0.4) is 0 Å². The molecule has 0 bridgehead atoms. The van der Waals surface area contributed by atoms with E-state index < -0.39 is 0 Å². The second-order valence-corrected chi connectivity index (χ2v) is 7.40. The third-order valence-corrected chi connectivity index (χ3v) is 5.81. The van der Waals surface area contributed by atoms with Crippen molar-refractivity contribution < 1.29 is 14.4 Å². The third kappa shape index (κ3) is 3.86. The van der Waals surface area contributed by atoms with E-state index in [1.807, 2.05) is 11.4 Å². The molecule has 1 aliphatic rings. The van der Waals surface area contributed by atoms with Crippen LogP contribution >= 0.6 is 22.7 Å². The first-order chi connectivity index (χ1) is 11.1. The quantitative estimate of drug-likeness (QED) is 0.644. The number of thiophene rings is 2. The Labute approximate surface area is 141 Å². The van der Waals surface area contributed by atoms with Crippen molar-refractivity contribution in [3.05, 3.63) is 43.8 Å². The van der Waals surface area contributed by atoms with Crippen molar-refractivity contribution in [1.29, 1.82) is 0 Å². The van der Waals surface area contributed by atoms with Crippen LogP contribution in [-0.4, -0.2) is 17.6 Å². The number of amides is 2. The van der Waals surface area contributed by atoms with Gasteiger partial charge in [0.1, 0.15) is 0 Å². The Morgan fingerprint density at radius 2 is 1.96 bits per heavy atom. The average Bonchev–Trinajstić information content (AvgIpc) is 3.25. The van der Waals surface area contributed by atoms with E-state index in [1.54, 1.807) is 12.1 Å². The summed E-state index contributed by atoms with van der Waals surface area (Å²) in [5.74, 6) is -0.731. The number of ketones is 1. The Balaban J connectivity index is 1.43. The van der Waals surface area contributed by atoms with E-state index >= 15 is 0 Å². The maximum atomic E-state index is 12.0. The maximum absolute atomic E-state index is 12.0. The lowest BCUT2D eigenvalue weighted by molar-refractivity contribution is -0.121. The first-order valence-electron chi connectivity index (χ1n) is 7.41. The van der Waals surface area contributed by atoms with E-state index in [1.165, 1.54) is 33.1 Å². The topological polar surface area (TPSA) is 75.3 Å². The molecule has 7 heteroatoms. The van der Waals surface area contributed by atoms with Gasteiger partial charge in [0.25, 0.3) is 5.91 Å². The van der Waals surface area contributed by atoms with E-state index in [0.29, 0.717) is 9.75 Å². The Morgan fingerprint density at radius 3 is 2.70 bits per heavy atom. The van der Waals surface area contributed by atoms with E-state index in [4.69, 9.17) is 0 Å². The van der Waals surface area contributed by atoms with Gasteiger partial charge in [-0.2, -0.15) is 0 Å². The monoisotopic (exact) mass is 348 g/mol. The van der Waals surface area contributed by atoms with Gasteiger partial charge >= 0.3 is 0 Å². The van der Waals surface area contributed by atoms with Crippen molar-refractivity contribution in [2.75, 3.05) is 0 Å². The van der Waals surface area contributed by atoms with E-state index in [0.717, 1.165) is 19.3 Å². The lowest BCUT2D eigenvalue weighted by Gasteiger charge is -2.05. The number of hydrogen-bond acceptors (Lipinski definition) is 5. The highest BCUT2D eigenvalue weighted by molar-refractivity contribution is 7.14. The van der Waals surface area contributed by atoms with Crippen LogP contribution in [0.1, 0.15) is 49.0 Å². The fourth-order valence-electron chi connectivity index (χ4n) is 2.48. The molecule has 0 saturated carbocycles. The maximum Gasteiger partial charge on any atom is 0.279 e. The number of hydrazine groups is 1. The van der Waals surface area contributed by atoms with Crippen LogP contribution in [0.4, 0.5) is 0 Å². The van der Waals surface area contributed by atoms with Gasteiger partial charge in [-0.1, -0.05) is 6.07 Å². The third-order valence-electron chi connectivity index (χ3n) is 3.66. The normalized spacial score (nSPS) is 12.7.